The zero-order chi connectivity index (χ0) is 33.7. The van der Waals surface area contributed by atoms with Crippen LogP contribution in [0.5, 0.6) is 11.5 Å². The van der Waals surface area contributed by atoms with Gasteiger partial charge in [-0.05, 0) is 31.1 Å². The number of fused-ring (bicyclic) bond motifs is 2. The van der Waals surface area contributed by atoms with Gasteiger partial charge < -0.3 is 9.05 Å². The summed E-state index contributed by atoms with van der Waals surface area (Å²) in [5.41, 5.74) is 7.34. The molecule has 46 heavy (non-hydrogen) atoms. The van der Waals surface area contributed by atoms with Gasteiger partial charge in [0.05, 0.1) is 6.61 Å². The SMILES string of the molecule is CCCCCCCCCCCCCCCCCCOP1Oc2c(cc(C)cc2C(C)(C)C)C(C)c2cc(C)cc(C(C)(C)C)c2O1. The molecular weight excluding hydrogens is 583 g/mol. The molecule has 0 fully saturated rings. The molecule has 0 saturated carbocycles. The standard InChI is InChI=1S/C42H69O3P/c1-11-12-13-14-15-16-17-18-19-20-21-22-23-24-25-26-27-43-46-44-39-35(28-32(2)30-37(39)41(5,6)7)34(4)36-29-33(3)31-38(40(36)45-46)42(8,9)10/h28-31,34H,11-27H2,1-10H3. The average molecular weight is 653 g/mol. The summed E-state index contributed by atoms with van der Waals surface area (Å²) in [4.78, 5) is 0. The van der Waals surface area contributed by atoms with Crippen molar-refractivity contribution in [3.05, 3.63) is 57.6 Å². The van der Waals surface area contributed by atoms with E-state index in [9.17, 15) is 0 Å². The summed E-state index contributed by atoms with van der Waals surface area (Å²) >= 11 is 0. The largest absolute Gasteiger partial charge is 0.463 e. The van der Waals surface area contributed by atoms with E-state index < -0.39 is 8.60 Å². The Bertz CT molecular complexity index is 1120. The van der Waals surface area contributed by atoms with E-state index in [1.54, 1.807) is 0 Å². The van der Waals surface area contributed by atoms with E-state index in [-0.39, 0.29) is 16.7 Å². The van der Waals surface area contributed by atoms with Crippen molar-refractivity contribution in [1.29, 1.82) is 0 Å². The van der Waals surface area contributed by atoms with Crippen LogP contribution in [0.25, 0.3) is 0 Å². The van der Waals surface area contributed by atoms with Gasteiger partial charge in [-0.25, -0.2) is 0 Å². The lowest BCUT2D eigenvalue weighted by Gasteiger charge is -2.34. The summed E-state index contributed by atoms with van der Waals surface area (Å²) in [6, 6.07) is 9.20. The van der Waals surface area contributed by atoms with E-state index in [1.807, 2.05) is 0 Å². The third kappa shape index (κ3) is 12.1. The second-order valence-corrected chi connectivity index (χ2v) is 17.3. The number of aryl methyl sites for hydroxylation is 2. The van der Waals surface area contributed by atoms with Crippen molar-refractivity contribution in [3.8, 4) is 11.5 Å². The highest BCUT2D eigenvalue weighted by molar-refractivity contribution is 7.42. The molecule has 260 valence electrons. The van der Waals surface area contributed by atoms with Gasteiger partial charge in [0.15, 0.2) is 0 Å². The van der Waals surface area contributed by atoms with Crippen molar-refractivity contribution < 1.29 is 13.6 Å². The molecule has 0 bridgehead atoms. The van der Waals surface area contributed by atoms with Crippen LogP contribution in [0.3, 0.4) is 0 Å². The van der Waals surface area contributed by atoms with Crippen LogP contribution in [-0.4, -0.2) is 6.61 Å². The zero-order valence-corrected chi connectivity index (χ0v) is 32.5. The van der Waals surface area contributed by atoms with Gasteiger partial charge in [-0.3, -0.25) is 4.52 Å². The molecule has 0 spiro atoms. The summed E-state index contributed by atoms with van der Waals surface area (Å²) in [5.74, 6) is 2.05. The van der Waals surface area contributed by atoms with Crippen LogP contribution in [0.2, 0.25) is 0 Å². The van der Waals surface area contributed by atoms with Gasteiger partial charge in [0.1, 0.15) is 11.5 Å². The molecule has 1 heterocycles. The number of rotatable bonds is 18. The second kappa shape index (κ2) is 18.8. The van der Waals surface area contributed by atoms with Gasteiger partial charge >= 0.3 is 8.60 Å². The molecule has 0 atom stereocenters. The Hall–Kier alpha value is -1.57. The minimum absolute atomic E-state index is 0.0596. The van der Waals surface area contributed by atoms with E-state index >= 15 is 0 Å². The molecule has 2 aromatic rings. The number of benzene rings is 2. The quantitative estimate of drug-likeness (QED) is 0.118. The second-order valence-electron chi connectivity index (χ2n) is 16.2. The van der Waals surface area contributed by atoms with Crippen LogP contribution in [0.4, 0.5) is 0 Å². The first kappa shape index (κ1) is 38.9. The highest BCUT2D eigenvalue weighted by Gasteiger charge is 2.35. The highest BCUT2D eigenvalue weighted by atomic mass is 31.2. The minimum Gasteiger partial charge on any atom is -0.417 e. The molecule has 0 amide bonds. The molecule has 0 radical (unpaired) electrons. The van der Waals surface area contributed by atoms with Crippen molar-refractivity contribution in [2.24, 2.45) is 0 Å². The van der Waals surface area contributed by atoms with Crippen LogP contribution in [-0.2, 0) is 15.4 Å². The fourth-order valence-electron chi connectivity index (χ4n) is 6.74. The number of hydrogen-bond donors (Lipinski definition) is 0. The first-order chi connectivity index (χ1) is 21.8. The van der Waals surface area contributed by atoms with E-state index in [2.05, 4.69) is 93.5 Å². The summed E-state index contributed by atoms with van der Waals surface area (Å²) in [6.07, 6.45) is 21.8. The van der Waals surface area contributed by atoms with E-state index in [4.69, 9.17) is 13.6 Å². The molecule has 2 aromatic carbocycles. The monoisotopic (exact) mass is 652 g/mol. The van der Waals surface area contributed by atoms with E-state index in [0.717, 1.165) is 17.9 Å². The van der Waals surface area contributed by atoms with E-state index in [1.165, 1.54) is 130 Å². The van der Waals surface area contributed by atoms with Gasteiger partial charge in [0, 0.05) is 28.2 Å². The van der Waals surface area contributed by atoms with Crippen LogP contribution in [0.1, 0.15) is 197 Å². The molecular formula is C42H69O3P. The third-order valence-corrected chi connectivity index (χ3v) is 10.7. The number of hydrogen-bond acceptors (Lipinski definition) is 3. The fourth-order valence-corrected chi connectivity index (χ4v) is 7.87. The van der Waals surface area contributed by atoms with Crippen molar-refractivity contribution in [2.75, 3.05) is 6.61 Å². The smallest absolute Gasteiger partial charge is 0.417 e. The van der Waals surface area contributed by atoms with Crippen molar-refractivity contribution in [2.45, 2.75) is 189 Å². The van der Waals surface area contributed by atoms with Crippen molar-refractivity contribution in [3.63, 3.8) is 0 Å². The third-order valence-electron chi connectivity index (χ3n) is 9.60. The fraction of sp³-hybridized carbons (Fsp3) is 0.714. The van der Waals surface area contributed by atoms with Crippen molar-refractivity contribution >= 4 is 8.60 Å². The molecule has 3 rings (SSSR count). The first-order valence-corrected chi connectivity index (χ1v) is 20.0. The maximum Gasteiger partial charge on any atom is 0.463 e. The molecule has 0 N–H and O–H groups in total. The Balaban J connectivity index is 1.56. The summed E-state index contributed by atoms with van der Waals surface area (Å²) < 4.78 is 20.2. The van der Waals surface area contributed by atoms with Gasteiger partial charge in [0.2, 0.25) is 0 Å². The van der Waals surface area contributed by atoms with Crippen molar-refractivity contribution in [1.82, 2.24) is 0 Å². The number of unbranched alkanes of at least 4 members (excludes halogenated alkanes) is 15. The van der Waals surface area contributed by atoms with Crippen LogP contribution in [0, 0.1) is 13.8 Å². The summed E-state index contributed by atoms with van der Waals surface area (Å²) in [5, 5.41) is 0. The molecule has 1 aliphatic rings. The predicted molar refractivity (Wildman–Crippen MR) is 201 cm³/mol. The lowest BCUT2D eigenvalue weighted by Crippen LogP contribution is -2.20. The van der Waals surface area contributed by atoms with Gasteiger partial charge in [0.25, 0.3) is 0 Å². The molecule has 3 nitrogen and oxygen atoms in total. The van der Waals surface area contributed by atoms with Crippen LogP contribution >= 0.6 is 8.60 Å². The lowest BCUT2D eigenvalue weighted by molar-refractivity contribution is 0.253. The van der Waals surface area contributed by atoms with Crippen LogP contribution < -0.4 is 9.05 Å². The predicted octanol–water partition coefficient (Wildman–Crippen LogP) is 14.3. The Labute approximate surface area is 286 Å². The van der Waals surface area contributed by atoms with Crippen LogP contribution in [0.15, 0.2) is 24.3 Å². The molecule has 4 heteroatoms. The molecule has 0 saturated heterocycles. The first-order valence-electron chi connectivity index (χ1n) is 18.9. The van der Waals surface area contributed by atoms with Gasteiger partial charge in [-0.1, -0.05) is 187 Å². The lowest BCUT2D eigenvalue weighted by atomic mass is 9.79. The average Bonchev–Trinajstić information content (AvgIpc) is 2.97. The minimum atomic E-state index is -1.60. The Morgan fingerprint density at radius 1 is 0.565 bits per heavy atom. The topological polar surface area (TPSA) is 27.7 Å². The zero-order valence-electron chi connectivity index (χ0n) is 31.6. The Morgan fingerprint density at radius 2 is 0.913 bits per heavy atom. The highest BCUT2D eigenvalue weighted by Crippen LogP contribution is 2.55. The maximum atomic E-state index is 6.82. The Morgan fingerprint density at radius 3 is 1.26 bits per heavy atom. The molecule has 1 aliphatic heterocycles. The normalized spacial score (nSPS) is 16.7. The summed E-state index contributed by atoms with van der Waals surface area (Å²) in [6.45, 7) is 23.3. The molecule has 0 aromatic heterocycles. The van der Waals surface area contributed by atoms with Gasteiger partial charge in [-0.15, -0.1) is 0 Å². The maximum absolute atomic E-state index is 6.82. The molecule has 0 aliphatic carbocycles. The summed E-state index contributed by atoms with van der Waals surface area (Å²) in [7, 11) is -1.60. The molecule has 0 unspecified atom stereocenters. The Kier molecular flexibility index (Phi) is 15.9. The van der Waals surface area contributed by atoms with E-state index in [0.29, 0.717) is 6.61 Å². The van der Waals surface area contributed by atoms with Gasteiger partial charge in [-0.2, -0.15) is 0 Å².